The van der Waals surface area contributed by atoms with Gasteiger partial charge in [-0.1, -0.05) is 41.9 Å². The number of pyridine rings is 2. The average molecular weight is 396 g/mol. The Hall–Kier alpha value is -2.86. The first-order valence-electron chi connectivity index (χ1n) is 9.39. The predicted octanol–water partition coefficient (Wildman–Crippen LogP) is 3.60. The Kier molecular flexibility index (Phi) is 5.30. The molecule has 0 bridgehead atoms. The molecule has 1 aliphatic rings. The number of carbonyl (C=O) groups excluding carboxylic acids is 1. The maximum atomic E-state index is 11.4. The summed E-state index contributed by atoms with van der Waals surface area (Å²) in [5.41, 5.74) is 6.52. The van der Waals surface area contributed by atoms with Crippen molar-refractivity contribution < 1.29 is 4.79 Å². The Labute approximate surface area is 168 Å². The molecule has 1 aliphatic heterocycles. The van der Waals surface area contributed by atoms with E-state index in [4.69, 9.17) is 17.3 Å². The highest BCUT2D eigenvalue weighted by Crippen LogP contribution is 2.27. The first-order chi connectivity index (χ1) is 13.6. The minimum atomic E-state index is -0.207. The normalized spacial score (nSPS) is 15.0. The predicted molar refractivity (Wildman–Crippen MR) is 112 cm³/mol. The van der Waals surface area contributed by atoms with E-state index in [1.54, 1.807) is 6.20 Å². The van der Waals surface area contributed by atoms with E-state index in [1.165, 1.54) is 0 Å². The van der Waals surface area contributed by atoms with Gasteiger partial charge < -0.3 is 16.0 Å². The number of nitrogens with one attached hydrogen (secondary N) is 1. The Bertz CT molecular complexity index is 1000. The number of rotatable bonds is 5. The van der Waals surface area contributed by atoms with Gasteiger partial charge in [0.25, 0.3) is 0 Å². The SMILES string of the molecule is NC(=O)C1CCN(c2ncccc2CNc2cc3ccccc3c(Cl)n2)CC1. The van der Waals surface area contributed by atoms with E-state index in [9.17, 15) is 4.79 Å². The Morgan fingerprint density at radius 2 is 2.00 bits per heavy atom. The van der Waals surface area contributed by atoms with Gasteiger partial charge in [-0.15, -0.1) is 0 Å². The molecule has 0 aliphatic carbocycles. The zero-order chi connectivity index (χ0) is 19.5. The number of primary amides is 1. The lowest BCUT2D eigenvalue weighted by Gasteiger charge is -2.32. The zero-order valence-electron chi connectivity index (χ0n) is 15.4. The molecule has 1 saturated heterocycles. The van der Waals surface area contributed by atoms with Gasteiger partial charge in [0.05, 0.1) is 0 Å². The number of nitrogens with zero attached hydrogens (tertiary/aromatic N) is 3. The number of halogens is 1. The Morgan fingerprint density at radius 1 is 1.21 bits per heavy atom. The topological polar surface area (TPSA) is 84.1 Å². The van der Waals surface area contributed by atoms with Crippen LogP contribution in [0.1, 0.15) is 18.4 Å². The number of piperidine rings is 1. The molecule has 0 spiro atoms. The third kappa shape index (κ3) is 3.87. The number of fused-ring (bicyclic) bond motifs is 1. The molecule has 3 aromatic rings. The van der Waals surface area contributed by atoms with Gasteiger partial charge in [-0.2, -0.15) is 0 Å². The quantitative estimate of drug-likeness (QED) is 0.645. The maximum absolute atomic E-state index is 11.4. The lowest BCUT2D eigenvalue weighted by molar-refractivity contribution is -0.122. The van der Waals surface area contributed by atoms with Crippen molar-refractivity contribution in [3.8, 4) is 0 Å². The number of amides is 1. The molecule has 6 nitrogen and oxygen atoms in total. The molecule has 0 atom stereocenters. The zero-order valence-corrected chi connectivity index (χ0v) is 16.2. The fourth-order valence-corrected chi connectivity index (χ4v) is 3.92. The lowest BCUT2D eigenvalue weighted by atomic mass is 9.96. The Balaban J connectivity index is 1.50. The summed E-state index contributed by atoms with van der Waals surface area (Å²) in [6, 6.07) is 13.9. The number of nitrogens with two attached hydrogens (primary N) is 1. The molecule has 1 fully saturated rings. The van der Waals surface area contributed by atoms with Gasteiger partial charge in [0.15, 0.2) is 0 Å². The summed E-state index contributed by atoms with van der Waals surface area (Å²) in [6.45, 7) is 2.13. The van der Waals surface area contributed by atoms with Crippen molar-refractivity contribution in [3.05, 3.63) is 59.4 Å². The van der Waals surface area contributed by atoms with Crippen molar-refractivity contribution in [1.82, 2.24) is 9.97 Å². The summed E-state index contributed by atoms with van der Waals surface area (Å²) in [6.07, 6.45) is 3.32. The molecule has 4 rings (SSSR count). The van der Waals surface area contributed by atoms with E-state index in [0.717, 1.165) is 53.9 Å². The van der Waals surface area contributed by atoms with E-state index < -0.39 is 0 Å². The van der Waals surface area contributed by atoms with E-state index in [1.807, 2.05) is 36.4 Å². The smallest absolute Gasteiger partial charge is 0.220 e. The molecule has 1 amide bonds. The molecule has 0 saturated carbocycles. The summed E-state index contributed by atoms with van der Waals surface area (Å²) in [7, 11) is 0. The monoisotopic (exact) mass is 395 g/mol. The minimum absolute atomic E-state index is 0.0366. The fourth-order valence-electron chi connectivity index (χ4n) is 3.66. The van der Waals surface area contributed by atoms with Crippen LogP contribution in [0.3, 0.4) is 0 Å². The molecule has 0 unspecified atom stereocenters. The third-order valence-electron chi connectivity index (χ3n) is 5.22. The number of carbonyl (C=O) groups is 1. The van der Waals surface area contributed by atoms with Gasteiger partial charge in [-0.05, 0) is 30.4 Å². The molecular weight excluding hydrogens is 374 g/mol. The third-order valence-corrected chi connectivity index (χ3v) is 5.51. The second kappa shape index (κ2) is 8.02. The van der Waals surface area contributed by atoms with Gasteiger partial charge in [0, 0.05) is 42.7 Å². The summed E-state index contributed by atoms with van der Waals surface area (Å²) in [5, 5.41) is 5.84. The van der Waals surface area contributed by atoms with Crippen LogP contribution in [0.4, 0.5) is 11.6 Å². The summed E-state index contributed by atoms with van der Waals surface area (Å²) in [5.74, 6) is 1.42. The van der Waals surface area contributed by atoms with E-state index in [-0.39, 0.29) is 11.8 Å². The summed E-state index contributed by atoms with van der Waals surface area (Å²) >= 11 is 6.33. The fraction of sp³-hybridized carbons (Fsp3) is 0.286. The first kappa shape index (κ1) is 18.5. The Morgan fingerprint density at radius 3 is 2.79 bits per heavy atom. The molecule has 0 radical (unpaired) electrons. The van der Waals surface area contributed by atoms with Crippen LogP contribution in [0.25, 0.3) is 10.8 Å². The van der Waals surface area contributed by atoms with Gasteiger partial charge in [0.2, 0.25) is 5.91 Å². The first-order valence-corrected chi connectivity index (χ1v) is 9.77. The molecule has 1 aromatic carbocycles. The summed E-state index contributed by atoms with van der Waals surface area (Å²) in [4.78, 5) is 22.7. The van der Waals surface area contributed by atoms with E-state index in [0.29, 0.717) is 11.7 Å². The molecule has 3 N–H and O–H groups in total. The summed E-state index contributed by atoms with van der Waals surface area (Å²) < 4.78 is 0. The molecular formula is C21H22ClN5O. The minimum Gasteiger partial charge on any atom is -0.369 e. The average Bonchev–Trinajstić information content (AvgIpc) is 2.72. The molecule has 7 heteroatoms. The molecule has 2 aromatic heterocycles. The van der Waals surface area contributed by atoms with Gasteiger partial charge >= 0.3 is 0 Å². The van der Waals surface area contributed by atoms with Crippen molar-refractivity contribution in [2.75, 3.05) is 23.3 Å². The van der Waals surface area contributed by atoms with Crippen LogP contribution in [0.15, 0.2) is 48.7 Å². The highest BCUT2D eigenvalue weighted by molar-refractivity contribution is 6.34. The second-order valence-corrected chi connectivity index (χ2v) is 7.38. The van der Waals surface area contributed by atoms with E-state index >= 15 is 0 Å². The van der Waals surface area contributed by atoms with Crippen LogP contribution in [-0.2, 0) is 11.3 Å². The molecule has 3 heterocycles. The number of anilines is 2. The van der Waals surface area contributed by atoms with Crippen molar-refractivity contribution >= 4 is 39.9 Å². The van der Waals surface area contributed by atoms with Gasteiger partial charge in [-0.25, -0.2) is 9.97 Å². The van der Waals surface area contributed by atoms with Gasteiger partial charge in [0.1, 0.15) is 16.8 Å². The largest absolute Gasteiger partial charge is 0.369 e. The van der Waals surface area contributed by atoms with Crippen molar-refractivity contribution in [1.29, 1.82) is 0 Å². The van der Waals surface area contributed by atoms with Crippen molar-refractivity contribution in [2.24, 2.45) is 11.7 Å². The van der Waals surface area contributed by atoms with Crippen LogP contribution in [0.2, 0.25) is 5.15 Å². The standard InChI is InChI=1S/C21H22ClN5O/c22-19-17-6-2-1-4-15(17)12-18(26-19)25-13-16-5-3-9-24-21(16)27-10-7-14(8-11-27)20(23)28/h1-6,9,12,14H,7-8,10-11,13H2,(H2,23,28)(H,25,26). The number of hydrogen-bond acceptors (Lipinski definition) is 5. The van der Waals surface area contributed by atoms with Crippen molar-refractivity contribution in [2.45, 2.75) is 19.4 Å². The van der Waals surface area contributed by atoms with Crippen LogP contribution in [0, 0.1) is 5.92 Å². The van der Waals surface area contributed by atoms with Crippen molar-refractivity contribution in [3.63, 3.8) is 0 Å². The second-order valence-electron chi connectivity index (χ2n) is 7.02. The molecule has 28 heavy (non-hydrogen) atoms. The van der Waals surface area contributed by atoms with E-state index in [2.05, 4.69) is 26.3 Å². The number of benzene rings is 1. The number of aromatic nitrogens is 2. The highest BCUT2D eigenvalue weighted by atomic mass is 35.5. The van der Waals surface area contributed by atoms with Crippen LogP contribution < -0.4 is 16.0 Å². The van der Waals surface area contributed by atoms with Gasteiger partial charge in [-0.3, -0.25) is 4.79 Å². The molecule has 144 valence electrons. The highest BCUT2D eigenvalue weighted by Gasteiger charge is 2.24. The number of hydrogen-bond donors (Lipinski definition) is 2. The van der Waals surface area contributed by atoms with Crippen LogP contribution >= 0.6 is 11.6 Å². The van der Waals surface area contributed by atoms with Crippen LogP contribution in [0.5, 0.6) is 0 Å². The maximum Gasteiger partial charge on any atom is 0.220 e. The van der Waals surface area contributed by atoms with Crippen LogP contribution in [-0.4, -0.2) is 29.0 Å². The lowest BCUT2D eigenvalue weighted by Crippen LogP contribution is -2.39.